The molecule has 0 saturated carbocycles. The van der Waals surface area contributed by atoms with Crippen molar-refractivity contribution in [2.24, 2.45) is 0 Å². The summed E-state index contributed by atoms with van der Waals surface area (Å²) in [7, 11) is 0. The van der Waals surface area contributed by atoms with E-state index in [9.17, 15) is 0 Å². The van der Waals surface area contributed by atoms with Crippen LogP contribution in [0.1, 0.15) is 25.7 Å². The van der Waals surface area contributed by atoms with E-state index in [0.29, 0.717) is 0 Å². The first kappa shape index (κ1) is 14.9. The van der Waals surface area contributed by atoms with Crippen molar-refractivity contribution >= 4 is 42.6 Å². The first-order valence-electron chi connectivity index (χ1n) is 6.68. The molecule has 0 amide bonds. The number of fused-ring (bicyclic) bond motifs is 1. The van der Waals surface area contributed by atoms with E-state index < -0.39 is 0 Å². The van der Waals surface area contributed by atoms with E-state index in [2.05, 4.69) is 62.2 Å². The minimum absolute atomic E-state index is 0.810. The average molecular weight is 386 g/mol. The van der Waals surface area contributed by atoms with Gasteiger partial charge in [-0.3, -0.25) is 0 Å². The molecule has 0 spiro atoms. The second kappa shape index (κ2) is 7.91. The maximum absolute atomic E-state index is 5.80. The van der Waals surface area contributed by atoms with Crippen molar-refractivity contribution < 1.29 is 4.74 Å². The van der Waals surface area contributed by atoms with Crippen molar-refractivity contribution in [3.8, 4) is 5.75 Å². The zero-order valence-corrected chi connectivity index (χ0v) is 14.0. The molecule has 0 aromatic heterocycles. The molecule has 2 aromatic rings. The van der Waals surface area contributed by atoms with Gasteiger partial charge in [0.05, 0.1) is 6.61 Å². The van der Waals surface area contributed by atoms with Gasteiger partial charge < -0.3 is 4.74 Å². The number of alkyl halides is 1. The predicted molar refractivity (Wildman–Crippen MR) is 89.4 cm³/mol. The van der Waals surface area contributed by atoms with Crippen LogP contribution in [0.15, 0.2) is 40.9 Å². The molecular weight excluding hydrogens is 368 g/mol. The lowest BCUT2D eigenvalue weighted by Gasteiger charge is -2.07. The van der Waals surface area contributed by atoms with E-state index in [4.69, 9.17) is 4.74 Å². The SMILES string of the molecule is BrCCCCCCOc1ccc2cc(Br)ccc2c1. The van der Waals surface area contributed by atoms with E-state index >= 15 is 0 Å². The van der Waals surface area contributed by atoms with E-state index in [0.717, 1.165) is 28.6 Å². The molecule has 2 rings (SSSR count). The summed E-state index contributed by atoms with van der Waals surface area (Å²) in [6, 6.07) is 12.6. The van der Waals surface area contributed by atoms with Gasteiger partial charge in [0.2, 0.25) is 0 Å². The van der Waals surface area contributed by atoms with Crippen molar-refractivity contribution in [1.82, 2.24) is 0 Å². The highest BCUT2D eigenvalue weighted by atomic mass is 79.9. The Hall–Kier alpha value is -0.540. The van der Waals surface area contributed by atoms with Crippen LogP contribution < -0.4 is 4.74 Å². The van der Waals surface area contributed by atoms with Crippen LogP contribution in [-0.4, -0.2) is 11.9 Å². The first-order chi connectivity index (χ1) is 9.29. The lowest BCUT2D eigenvalue weighted by atomic mass is 10.1. The van der Waals surface area contributed by atoms with Gasteiger partial charge in [0.15, 0.2) is 0 Å². The molecule has 0 N–H and O–H groups in total. The molecule has 0 aliphatic carbocycles. The molecule has 0 aliphatic rings. The fourth-order valence-electron chi connectivity index (χ4n) is 2.02. The number of hydrogen-bond donors (Lipinski definition) is 0. The summed E-state index contributed by atoms with van der Waals surface area (Å²) in [6.07, 6.45) is 4.91. The van der Waals surface area contributed by atoms with E-state index in [1.54, 1.807) is 0 Å². The van der Waals surface area contributed by atoms with E-state index in [-0.39, 0.29) is 0 Å². The lowest BCUT2D eigenvalue weighted by Crippen LogP contribution is -1.97. The monoisotopic (exact) mass is 384 g/mol. The third-order valence-corrected chi connectivity index (χ3v) is 4.12. The van der Waals surface area contributed by atoms with Gasteiger partial charge in [0, 0.05) is 9.80 Å². The molecule has 0 heterocycles. The fraction of sp³-hybridized carbons (Fsp3) is 0.375. The van der Waals surface area contributed by atoms with Crippen molar-refractivity contribution in [2.45, 2.75) is 25.7 Å². The Morgan fingerprint density at radius 3 is 2.42 bits per heavy atom. The summed E-state index contributed by atoms with van der Waals surface area (Å²) < 4.78 is 6.91. The fourth-order valence-corrected chi connectivity index (χ4v) is 2.80. The standard InChI is InChI=1S/C16H18Br2O/c17-9-3-1-2-4-10-19-16-8-6-13-11-15(18)7-5-14(13)12-16/h5-8,11-12H,1-4,9-10H2. The Morgan fingerprint density at radius 2 is 1.58 bits per heavy atom. The van der Waals surface area contributed by atoms with Gasteiger partial charge in [-0.25, -0.2) is 0 Å². The second-order valence-electron chi connectivity index (χ2n) is 4.60. The van der Waals surface area contributed by atoms with Gasteiger partial charge >= 0.3 is 0 Å². The van der Waals surface area contributed by atoms with Crippen LogP contribution in [0.5, 0.6) is 5.75 Å². The topological polar surface area (TPSA) is 9.23 Å². The maximum Gasteiger partial charge on any atom is 0.119 e. The highest BCUT2D eigenvalue weighted by Gasteiger charge is 1.98. The van der Waals surface area contributed by atoms with Crippen molar-refractivity contribution in [3.63, 3.8) is 0 Å². The molecule has 0 saturated heterocycles. The summed E-state index contributed by atoms with van der Waals surface area (Å²) in [6.45, 7) is 0.810. The molecule has 19 heavy (non-hydrogen) atoms. The Balaban J connectivity index is 1.86. The molecular formula is C16H18Br2O. The van der Waals surface area contributed by atoms with Crippen LogP contribution in [0.4, 0.5) is 0 Å². The Morgan fingerprint density at radius 1 is 0.842 bits per heavy atom. The number of unbranched alkanes of at least 4 members (excludes halogenated alkanes) is 3. The molecule has 0 radical (unpaired) electrons. The number of hydrogen-bond acceptors (Lipinski definition) is 1. The van der Waals surface area contributed by atoms with Gasteiger partial charge in [-0.15, -0.1) is 0 Å². The zero-order valence-electron chi connectivity index (χ0n) is 10.9. The quantitative estimate of drug-likeness (QED) is 0.423. The van der Waals surface area contributed by atoms with Crippen LogP contribution in [0.2, 0.25) is 0 Å². The summed E-state index contributed by atoms with van der Waals surface area (Å²) in [5, 5.41) is 3.56. The molecule has 102 valence electrons. The third kappa shape index (κ3) is 4.81. The Kier molecular flexibility index (Phi) is 6.18. The van der Waals surface area contributed by atoms with Gasteiger partial charge in [0.1, 0.15) is 5.75 Å². The van der Waals surface area contributed by atoms with Gasteiger partial charge in [-0.1, -0.05) is 56.8 Å². The summed E-state index contributed by atoms with van der Waals surface area (Å²) in [4.78, 5) is 0. The molecule has 0 aliphatic heterocycles. The highest BCUT2D eigenvalue weighted by Crippen LogP contribution is 2.24. The van der Waals surface area contributed by atoms with Gasteiger partial charge in [0.25, 0.3) is 0 Å². The van der Waals surface area contributed by atoms with Crippen molar-refractivity contribution in [3.05, 3.63) is 40.9 Å². The average Bonchev–Trinajstić information content (AvgIpc) is 2.43. The minimum Gasteiger partial charge on any atom is -0.494 e. The van der Waals surface area contributed by atoms with Crippen LogP contribution in [0.3, 0.4) is 0 Å². The third-order valence-electron chi connectivity index (χ3n) is 3.07. The van der Waals surface area contributed by atoms with Crippen LogP contribution in [0.25, 0.3) is 10.8 Å². The first-order valence-corrected chi connectivity index (χ1v) is 8.59. The second-order valence-corrected chi connectivity index (χ2v) is 6.31. The smallest absolute Gasteiger partial charge is 0.119 e. The Labute approximate surface area is 131 Å². The summed E-state index contributed by atoms with van der Waals surface area (Å²) in [5.41, 5.74) is 0. The molecule has 0 bridgehead atoms. The normalized spacial score (nSPS) is 10.8. The van der Waals surface area contributed by atoms with E-state index in [1.807, 2.05) is 6.07 Å². The zero-order chi connectivity index (χ0) is 13.5. The van der Waals surface area contributed by atoms with E-state index in [1.165, 1.54) is 30.0 Å². The van der Waals surface area contributed by atoms with Crippen molar-refractivity contribution in [1.29, 1.82) is 0 Å². The molecule has 2 aromatic carbocycles. The largest absolute Gasteiger partial charge is 0.494 e. The highest BCUT2D eigenvalue weighted by molar-refractivity contribution is 9.10. The maximum atomic E-state index is 5.80. The number of rotatable bonds is 7. The van der Waals surface area contributed by atoms with Crippen molar-refractivity contribution in [2.75, 3.05) is 11.9 Å². The van der Waals surface area contributed by atoms with Crippen LogP contribution in [-0.2, 0) is 0 Å². The lowest BCUT2D eigenvalue weighted by molar-refractivity contribution is 0.305. The number of ether oxygens (including phenoxy) is 1. The van der Waals surface area contributed by atoms with Crippen LogP contribution >= 0.6 is 31.9 Å². The molecule has 0 unspecified atom stereocenters. The molecule has 0 fully saturated rings. The molecule has 0 atom stereocenters. The van der Waals surface area contributed by atoms with Crippen LogP contribution in [0, 0.1) is 0 Å². The minimum atomic E-state index is 0.810. The van der Waals surface area contributed by atoms with Gasteiger partial charge in [-0.2, -0.15) is 0 Å². The predicted octanol–water partition coefficient (Wildman–Crippen LogP) is 5.94. The number of benzene rings is 2. The summed E-state index contributed by atoms with van der Waals surface area (Å²) >= 11 is 6.94. The summed E-state index contributed by atoms with van der Waals surface area (Å²) in [5.74, 6) is 0.968. The molecule has 3 heteroatoms. The molecule has 1 nitrogen and oxygen atoms in total. The number of halogens is 2. The van der Waals surface area contributed by atoms with Gasteiger partial charge in [-0.05, 0) is 47.9 Å². The Bertz CT molecular complexity index is 525.